The highest BCUT2D eigenvalue weighted by Gasteiger charge is 2.19. The van der Waals surface area contributed by atoms with Gasteiger partial charge in [-0.2, -0.15) is 0 Å². The lowest BCUT2D eigenvalue weighted by atomic mass is 9.92. The largest absolute Gasteiger partial charge is 0.495 e. The van der Waals surface area contributed by atoms with Crippen molar-refractivity contribution in [1.82, 2.24) is 4.98 Å². The van der Waals surface area contributed by atoms with Gasteiger partial charge in [0.25, 0.3) is 0 Å². The normalized spacial score (nSPS) is 13.6. The smallest absolute Gasteiger partial charge is 0.142 e. The number of methoxy groups -OCH3 is 1. The monoisotopic (exact) mass is 338 g/mol. The summed E-state index contributed by atoms with van der Waals surface area (Å²) in [5.74, 6) is 0.782. The van der Waals surface area contributed by atoms with E-state index in [-0.39, 0.29) is 0 Å². The Balaban J connectivity index is 1.91. The Morgan fingerprint density at radius 1 is 1.08 bits per heavy atom. The zero-order valence-corrected chi connectivity index (χ0v) is 14.4. The van der Waals surface area contributed by atoms with E-state index in [0.717, 1.165) is 40.9 Å². The van der Waals surface area contributed by atoms with E-state index in [1.165, 1.54) is 24.1 Å². The summed E-state index contributed by atoms with van der Waals surface area (Å²) < 4.78 is 5.49. The molecule has 0 saturated heterocycles. The average Bonchev–Trinajstić information content (AvgIpc) is 2.62. The number of pyridine rings is 1. The summed E-state index contributed by atoms with van der Waals surface area (Å²) in [6, 6.07) is 13.9. The molecular weight excluding hydrogens is 320 g/mol. The Kier molecular flexibility index (Phi) is 4.03. The van der Waals surface area contributed by atoms with Crippen molar-refractivity contribution in [3.63, 3.8) is 0 Å². The molecule has 0 radical (unpaired) electrons. The summed E-state index contributed by atoms with van der Waals surface area (Å²) >= 11 is 6.19. The van der Waals surface area contributed by atoms with E-state index in [1.54, 1.807) is 7.11 Å². The lowest BCUT2D eigenvalue weighted by Gasteiger charge is -2.22. The molecule has 2 aromatic carbocycles. The minimum Gasteiger partial charge on any atom is -0.495 e. The lowest BCUT2D eigenvalue weighted by Crippen LogP contribution is -2.10. The lowest BCUT2D eigenvalue weighted by molar-refractivity contribution is 0.417. The molecule has 1 aliphatic carbocycles. The molecular formula is C20H19ClN2O. The summed E-state index contributed by atoms with van der Waals surface area (Å²) in [5, 5.41) is 5.41. The quantitative estimate of drug-likeness (QED) is 0.682. The molecule has 0 atom stereocenters. The van der Waals surface area contributed by atoms with Crippen LogP contribution in [0.1, 0.15) is 24.1 Å². The third-order valence-electron chi connectivity index (χ3n) is 4.59. The van der Waals surface area contributed by atoms with E-state index in [1.807, 2.05) is 24.3 Å². The van der Waals surface area contributed by atoms with Gasteiger partial charge in [0.2, 0.25) is 0 Å². The van der Waals surface area contributed by atoms with Crippen LogP contribution in [-0.2, 0) is 12.8 Å². The molecule has 0 saturated carbocycles. The summed E-state index contributed by atoms with van der Waals surface area (Å²) in [5.41, 5.74) is 5.58. The summed E-state index contributed by atoms with van der Waals surface area (Å²) in [6.07, 6.45) is 4.51. The Bertz CT molecular complexity index is 908. The highest BCUT2D eigenvalue weighted by molar-refractivity contribution is 6.31. The van der Waals surface area contributed by atoms with Gasteiger partial charge in [-0.25, -0.2) is 0 Å². The van der Waals surface area contributed by atoms with Crippen molar-refractivity contribution in [2.75, 3.05) is 12.4 Å². The molecule has 1 aromatic heterocycles. The first-order chi connectivity index (χ1) is 11.8. The molecule has 1 N–H and O–H groups in total. The molecule has 0 bridgehead atoms. The number of para-hydroxylation sites is 1. The van der Waals surface area contributed by atoms with Crippen LogP contribution in [0.5, 0.6) is 5.75 Å². The highest BCUT2D eigenvalue weighted by Crippen LogP contribution is 2.38. The molecule has 1 aliphatic rings. The first-order valence-corrected chi connectivity index (χ1v) is 8.65. The third-order valence-corrected chi connectivity index (χ3v) is 4.83. The number of rotatable bonds is 3. The van der Waals surface area contributed by atoms with Crippen LogP contribution >= 0.6 is 11.6 Å². The number of nitrogens with one attached hydrogen (secondary N) is 1. The Morgan fingerprint density at radius 3 is 2.79 bits per heavy atom. The van der Waals surface area contributed by atoms with Crippen molar-refractivity contribution >= 4 is 33.9 Å². The number of aryl methyl sites for hydroxylation is 1. The van der Waals surface area contributed by atoms with Crippen molar-refractivity contribution in [3.05, 3.63) is 58.7 Å². The van der Waals surface area contributed by atoms with Crippen LogP contribution in [-0.4, -0.2) is 12.1 Å². The molecule has 0 aliphatic heterocycles. The zero-order valence-electron chi connectivity index (χ0n) is 13.6. The first kappa shape index (κ1) is 15.3. The van der Waals surface area contributed by atoms with E-state index >= 15 is 0 Å². The van der Waals surface area contributed by atoms with Crippen molar-refractivity contribution in [2.45, 2.75) is 25.7 Å². The standard InChI is InChI=1S/C20H19ClN2O/c1-24-19-11-10-13(21)12-18(19)23-20-14-6-2-4-8-16(14)22-17-9-5-3-7-15(17)20/h2,4,6,8,10-12H,3,5,7,9H2,1H3,(H,22,23). The third kappa shape index (κ3) is 2.69. The van der Waals surface area contributed by atoms with Gasteiger partial charge >= 0.3 is 0 Å². The highest BCUT2D eigenvalue weighted by atomic mass is 35.5. The maximum atomic E-state index is 6.19. The number of ether oxygens (including phenoxy) is 1. The van der Waals surface area contributed by atoms with Crippen LogP contribution in [0.2, 0.25) is 5.02 Å². The van der Waals surface area contributed by atoms with Crippen molar-refractivity contribution in [3.8, 4) is 5.75 Å². The van der Waals surface area contributed by atoms with E-state index in [9.17, 15) is 0 Å². The van der Waals surface area contributed by atoms with Gasteiger partial charge in [-0.1, -0.05) is 29.8 Å². The van der Waals surface area contributed by atoms with Gasteiger partial charge in [-0.3, -0.25) is 4.98 Å². The van der Waals surface area contributed by atoms with E-state index in [4.69, 9.17) is 21.3 Å². The molecule has 3 aromatic rings. The number of fused-ring (bicyclic) bond motifs is 2. The van der Waals surface area contributed by atoms with Gasteiger partial charge < -0.3 is 10.1 Å². The van der Waals surface area contributed by atoms with E-state index in [0.29, 0.717) is 5.02 Å². The van der Waals surface area contributed by atoms with Crippen LogP contribution < -0.4 is 10.1 Å². The van der Waals surface area contributed by atoms with Gasteiger partial charge in [0.05, 0.1) is 24.0 Å². The predicted molar refractivity (Wildman–Crippen MR) is 99.7 cm³/mol. The second kappa shape index (κ2) is 6.33. The first-order valence-electron chi connectivity index (χ1n) is 8.27. The van der Waals surface area contributed by atoms with Crippen LogP contribution in [0.4, 0.5) is 11.4 Å². The second-order valence-electron chi connectivity index (χ2n) is 6.11. The van der Waals surface area contributed by atoms with Crippen LogP contribution in [0.15, 0.2) is 42.5 Å². The van der Waals surface area contributed by atoms with Gasteiger partial charge in [-0.05, 0) is 55.5 Å². The summed E-state index contributed by atoms with van der Waals surface area (Å²) in [6.45, 7) is 0. The Labute approximate surface area is 146 Å². The Hall–Kier alpha value is -2.26. The number of hydrogen-bond acceptors (Lipinski definition) is 3. The maximum absolute atomic E-state index is 6.19. The van der Waals surface area contributed by atoms with E-state index < -0.39 is 0 Å². The fourth-order valence-electron chi connectivity index (χ4n) is 3.43. The molecule has 4 heteroatoms. The van der Waals surface area contributed by atoms with Crippen LogP contribution in [0.3, 0.4) is 0 Å². The molecule has 0 spiro atoms. The fraction of sp³-hybridized carbons (Fsp3) is 0.250. The minimum absolute atomic E-state index is 0.686. The SMILES string of the molecule is COc1ccc(Cl)cc1Nc1c2c(nc3ccccc13)CCCC2. The number of benzene rings is 2. The van der Waals surface area contributed by atoms with Crippen LogP contribution in [0, 0.1) is 0 Å². The zero-order chi connectivity index (χ0) is 16.5. The van der Waals surface area contributed by atoms with Gasteiger partial charge in [0.1, 0.15) is 5.75 Å². The summed E-state index contributed by atoms with van der Waals surface area (Å²) in [4.78, 5) is 4.88. The molecule has 3 nitrogen and oxygen atoms in total. The minimum atomic E-state index is 0.686. The van der Waals surface area contributed by atoms with Crippen molar-refractivity contribution in [2.24, 2.45) is 0 Å². The number of aromatic nitrogens is 1. The van der Waals surface area contributed by atoms with E-state index in [2.05, 4.69) is 23.5 Å². The second-order valence-corrected chi connectivity index (χ2v) is 6.54. The predicted octanol–water partition coefficient (Wildman–Crippen LogP) is 5.52. The molecule has 0 unspecified atom stereocenters. The van der Waals surface area contributed by atoms with Gasteiger partial charge in [0.15, 0.2) is 0 Å². The number of nitrogens with zero attached hydrogens (tertiary/aromatic N) is 1. The molecule has 4 rings (SSSR count). The summed E-state index contributed by atoms with van der Waals surface area (Å²) in [7, 11) is 1.68. The molecule has 122 valence electrons. The average molecular weight is 339 g/mol. The van der Waals surface area contributed by atoms with Crippen molar-refractivity contribution in [1.29, 1.82) is 0 Å². The topological polar surface area (TPSA) is 34.1 Å². The maximum Gasteiger partial charge on any atom is 0.142 e. The van der Waals surface area contributed by atoms with Gasteiger partial charge in [-0.15, -0.1) is 0 Å². The molecule has 1 heterocycles. The molecule has 0 amide bonds. The molecule has 24 heavy (non-hydrogen) atoms. The van der Waals surface area contributed by atoms with Crippen LogP contribution in [0.25, 0.3) is 10.9 Å². The number of hydrogen-bond donors (Lipinski definition) is 1. The van der Waals surface area contributed by atoms with Crippen molar-refractivity contribution < 1.29 is 4.74 Å². The Morgan fingerprint density at radius 2 is 1.92 bits per heavy atom. The molecule has 0 fully saturated rings. The number of halogens is 1. The van der Waals surface area contributed by atoms with Gasteiger partial charge in [0, 0.05) is 16.1 Å². The fourth-order valence-corrected chi connectivity index (χ4v) is 3.60. The number of anilines is 2.